The standard InChI is InChI=1S/C19H14ClNO3/c1-21-15-5-3-2-4-14(15)18(23)17(19(21)24)16(22)11-8-12-6-9-13(20)10-7-12/h2-11,23H,1H3. The lowest BCUT2D eigenvalue weighted by Crippen LogP contribution is -2.24. The third-order valence-electron chi connectivity index (χ3n) is 3.82. The van der Waals surface area contributed by atoms with Gasteiger partial charge in [-0.2, -0.15) is 0 Å². The molecule has 24 heavy (non-hydrogen) atoms. The number of ketones is 1. The lowest BCUT2D eigenvalue weighted by Gasteiger charge is -2.09. The number of para-hydroxylation sites is 1. The zero-order valence-corrected chi connectivity index (χ0v) is 13.6. The van der Waals surface area contributed by atoms with Gasteiger partial charge < -0.3 is 9.67 Å². The molecule has 1 heterocycles. The molecule has 1 aromatic heterocycles. The number of fused-ring (bicyclic) bond motifs is 1. The minimum atomic E-state index is -0.547. The second-order valence-electron chi connectivity index (χ2n) is 5.35. The summed E-state index contributed by atoms with van der Waals surface area (Å²) in [5.41, 5.74) is 0.571. The first kappa shape index (κ1) is 16.0. The van der Waals surface area contributed by atoms with E-state index in [2.05, 4.69) is 0 Å². The van der Waals surface area contributed by atoms with Crippen molar-refractivity contribution in [2.45, 2.75) is 0 Å². The molecule has 0 aliphatic heterocycles. The van der Waals surface area contributed by atoms with Gasteiger partial charge in [0.2, 0.25) is 0 Å². The first-order valence-corrected chi connectivity index (χ1v) is 7.65. The molecular formula is C19H14ClNO3. The van der Waals surface area contributed by atoms with Crippen molar-refractivity contribution in [3.05, 3.63) is 81.1 Å². The zero-order chi connectivity index (χ0) is 17.3. The van der Waals surface area contributed by atoms with Crippen LogP contribution < -0.4 is 5.56 Å². The molecule has 3 rings (SSSR count). The highest BCUT2D eigenvalue weighted by Crippen LogP contribution is 2.26. The van der Waals surface area contributed by atoms with E-state index in [0.717, 1.165) is 5.56 Å². The number of nitrogens with zero attached hydrogens (tertiary/aromatic N) is 1. The molecule has 0 spiro atoms. The molecule has 0 fully saturated rings. The lowest BCUT2D eigenvalue weighted by atomic mass is 10.1. The molecule has 0 aliphatic rings. The molecule has 0 saturated carbocycles. The number of allylic oxidation sites excluding steroid dienone is 1. The maximum Gasteiger partial charge on any atom is 0.265 e. The van der Waals surface area contributed by atoms with Crippen LogP contribution in [0.3, 0.4) is 0 Å². The fraction of sp³-hybridized carbons (Fsp3) is 0.0526. The number of carbonyl (C=O) groups excluding carboxylic acids is 1. The molecular weight excluding hydrogens is 326 g/mol. The Hall–Kier alpha value is -2.85. The Morgan fingerprint density at radius 1 is 1.12 bits per heavy atom. The molecule has 3 aromatic rings. The van der Waals surface area contributed by atoms with Crippen molar-refractivity contribution in [1.82, 2.24) is 4.57 Å². The number of aromatic hydroxyl groups is 1. The molecule has 2 aromatic carbocycles. The predicted octanol–water partition coefficient (Wildman–Crippen LogP) is 3.79. The molecule has 0 unspecified atom stereocenters. The smallest absolute Gasteiger partial charge is 0.265 e. The number of aryl methyl sites for hydroxylation is 1. The highest BCUT2D eigenvalue weighted by atomic mass is 35.5. The average Bonchev–Trinajstić information content (AvgIpc) is 2.59. The van der Waals surface area contributed by atoms with E-state index in [1.165, 1.54) is 10.6 Å². The van der Waals surface area contributed by atoms with Gasteiger partial charge in [0.05, 0.1) is 5.52 Å². The summed E-state index contributed by atoms with van der Waals surface area (Å²) >= 11 is 5.82. The van der Waals surface area contributed by atoms with Crippen molar-refractivity contribution in [3.8, 4) is 5.75 Å². The van der Waals surface area contributed by atoms with Crippen LogP contribution in [-0.2, 0) is 7.05 Å². The topological polar surface area (TPSA) is 59.3 Å². The predicted molar refractivity (Wildman–Crippen MR) is 95.7 cm³/mol. The van der Waals surface area contributed by atoms with Crippen LogP contribution in [-0.4, -0.2) is 15.5 Å². The minimum absolute atomic E-state index is 0.235. The van der Waals surface area contributed by atoms with Crippen molar-refractivity contribution < 1.29 is 9.90 Å². The van der Waals surface area contributed by atoms with Gasteiger partial charge >= 0.3 is 0 Å². The van der Waals surface area contributed by atoms with E-state index in [1.54, 1.807) is 61.7 Å². The van der Waals surface area contributed by atoms with Gasteiger partial charge in [-0.1, -0.05) is 41.9 Å². The molecule has 0 bridgehead atoms. The fourth-order valence-electron chi connectivity index (χ4n) is 2.53. The normalized spacial score (nSPS) is 11.2. The lowest BCUT2D eigenvalue weighted by molar-refractivity contribution is 0.104. The van der Waals surface area contributed by atoms with Gasteiger partial charge in [0.1, 0.15) is 11.3 Å². The largest absolute Gasteiger partial charge is 0.506 e. The first-order valence-electron chi connectivity index (χ1n) is 7.27. The quantitative estimate of drug-likeness (QED) is 0.583. The van der Waals surface area contributed by atoms with Crippen LogP contribution in [0.2, 0.25) is 5.02 Å². The van der Waals surface area contributed by atoms with Gasteiger partial charge in [0, 0.05) is 17.5 Å². The summed E-state index contributed by atoms with van der Waals surface area (Å²) in [4.78, 5) is 24.9. The van der Waals surface area contributed by atoms with Crippen LogP contribution in [0, 0.1) is 0 Å². The SMILES string of the molecule is Cn1c(=O)c(C(=O)C=Cc2ccc(Cl)cc2)c(O)c2ccccc21. The number of hydrogen-bond acceptors (Lipinski definition) is 3. The van der Waals surface area contributed by atoms with E-state index in [9.17, 15) is 14.7 Å². The Kier molecular flexibility index (Phi) is 4.23. The molecule has 0 amide bonds. The average molecular weight is 340 g/mol. The summed E-state index contributed by atoms with van der Waals surface area (Å²) < 4.78 is 1.36. The summed E-state index contributed by atoms with van der Waals surface area (Å²) in [5, 5.41) is 11.4. The number of halogens is 1. The third-order valence-corrected chi connectivity index (χ3v) is 4.07. The Balaban J connectivity index is 2.07. The Labute approximate surface area is 143 Å². The third kappa shape index (κ3) is 2.84. The number of aromatic nitrogens is 1. The van der Waals surface area contributed by atoms with E-state index < -0.39 is 11.3 Å². The van der Waals surface area contributed by atoms with Crippen LogP contribution in [0.25, 0.3) is 17.0 Å². The highest BCUT2D eigenvalue weighted by Gasteiger charge is 2.18. The highest BCUT2D eigenvalue weighted by molar-refractivity contribution is 6.30. The van der Waals surface area contributed by atoms with E-state index >= 15 is 0 Å². The van der Waals surface area contributed by atoms with E-state index in [1.807, 2.05) is 0 Å². The Morgan fingerprint density at radius 2 is 1.79 bits per heavy atom. The molecule has 0 atom stereocenters. The zero-order valence-electron chi connectivity index (χ0n) is 12.9. The van der Waals surface area contributed by atoms with Gasteiger partial charge in [-0.15, -0.1) is 0 Å². The second-order valence-corrected chi connectivity index (χ2v) is 5.79. The second kappa shape index (κ2) is 6.34. The number of carbonyl (C=O) groups is 1. The molecule has 0 radical (unpaired) electrons. The van der Waals surface area contributed by atoms with Gasteiger partial charge in [-0.3, -0.25) is 9.59 Å². The van der Waals surface area contributed by atoms with Crippen molar-refractivity contribution >= 4 is 34.4 Å². The Bertz CT molecular complexity index is 1020. The molecule has 5 heteroatoms. The first-order chi connectivity index (χ1) is 11.5. The summed E-state index contributed by atoms with van der Waals surface area (Å²) in [6.07, 6.45) is 2.85. The summed E-state index contributed by atoms with van der Waals surface area (Å²) in [7, 11) is 1.57. The summed E-state index contributed by atoms with van der Waals surface area (Å²) in [6, 6.07) is 13.8. The number of hydrogen-bond donors (Lipinski definition) is 1. The molecule has 120 valence electrons. The summed E-state index contributed by atoms with van der Waals surface area (Å²) in [6.45, 7) is 0. The van der Waals surface area contributed by atoms with Crippen molar-refractivity contribution in [2.75, 3.05) is 0 Å². The van der Waals surface area contributed by atoms with Crippen molar-refractivity contribution in [1.29, 1.82) is 0 Å². The molecule has 0 saturated heterocycles. The maximum atomic E-state index is 12.4. The van der Waals surface area contributed by atoms with Crippen molar-refractivity contribution in [2.24, 2.45) is 7.05 Å². The number of rotatable bonds is 3. The monoisotopic (exact) mass is 339 g/mol. The summed E-state index contributed by atoms with van der Waals surface area (Å²) in [5.74, 6) is -0.840. The van der Waals surface area contributed by atoms with Crippen LogP contribution in [0.1, 0.15) is 15.9 Å². The van der Waals surface area contributed by atoms with Gasteiger partial charge in [0.25, 0.3) is 5.56 Å². The van der Waals surface area contributed by atoms with Gasteiger partial charge in [-0.25, -0.2) is 0 Å². The van der Waals surface area contributed by atoms with Crippen LogP contribution in [0.5, 0.6) is 5.75 Å². The van der Waals surface area contributed by atoms with Crippen LogP contribution in [0.4, 0.5) is 0 Å². The van der Waals surface area contributed by atoms with Gasteiger partial charge in [-0.05, 0) is 35.9 Å². The number of benzene rings is 2. The van der Waals surface area contributed by atoms with E-state index in [-0.39, 0.29) is 11.3 Å². The van der Waals surface area contributed by atoms with E-state index in [0.29, 0.717) is 15.9 Å². The maximum absolute atomic E-state index is 12.4. The fourth-order valence-corrected chi connectivity index (χ4v) is 2.66. The van der Waals surface area contributed by atoms with Gasteiger partial charge in [0.15, 0.2) is 5.78 Å². The minimum Gasteiger partial charge on any atom is -0.506 e. The molecule has 0 aliphatic carbocycles. The Morgan fingerprint density at radius 3 is 2.50 bits per heavy atom. The van der Waals surface area contributed by atoms with Crippen molar-refractivity contribution in [3.63, 3.8) is 0 Å². The molecule has 1 N–H and O–H groups in total. The number of pyridine rings is 1. The van der Waals surface area contributed by atoms with Crippen LogP contribution >= 0.6 is 11.6 Å². The molecule has 4 nitrogen and oxygen atoms in total. The van der Waals surface area contributed by atoms with E-state index in [4.69, 9.17) is 11.6 Å². The van der Waals surface area contributed by atoms with Crippen LogP contribution in [0.15, 0.2) is 59.4 Å².